The third-order valence-corrected chi connectivity index (χ3v) is 3.64. The molecule has 0 aromatic carbocycles. The summed E-state index contributed by atoms with van der Waals surface area (Å²) in [6, 6.07) is 1.06. The molecular formula is C11H18N4. The molecule has 1 aromatic heterocycles. The quantitative estimate of drug-likeness (QED) is 0.798. The van der Waals surface area contributed by atoms with Gasteiger partial charge < -0.3 is 10.3 Å². The Hall–Kier alpha value is -0.900. The minimum Gasteiger partial charge on any atom is -0.328 e. The van der Waals surface area contributed by atoms with Crippen molar-refractivity contribution in [3.8, 4) is 0 Å². The van der Waals surface area contributed by atoms with Crippen molar-refractivity contribution in [2.45, 2.75) is 57.0 Å². The SMILES string of the molecule is Cc1nnc(C2CCC(N)C2)n1C1CC1. The molecule has 4 nitrogen and oxygen atoms in total. The number of aryl methyl sites for hydroxylation is 1. The summed E-state index contributed by atoms with van der Waals surface area (Å²) in [5.74, 6) is 2.83. The highest BCUT2D eigenvalue weighted by atomic mass is 15.3. The normalized spacial score (nSPS) is 31.1. The van der Waals surface area contributed by atoms with Crippen LogP contribution in [-0.2, 0) is 0 Å². The number of nitrogens with two attached hydrogens (primary N) is 1. The van der Waals surface area contributed by atoms with Gasteiger partial charge in [-0.3, -0.25) is 0 Å². The molecule has 15 heavy (non-hydrogen) atoms. The van der Waals surface area contributed by atoms with Crippen LogP contribution < -0.4 is 5.73 Å². The van der Waals surface area contributed by atoms with Crippen molar-refractivity contribution in [3.05, 3.63) is 11.6 Å². The van der Waals surface area contributed by atoms with E-state index < -0.39 is 0 Å². The van der Waals surface area contributed by atoms with Gasteiger partial charge in [0.2, 0.25) is 0 Å². The Morgan fingerprint density at radius 2 is 2.00 bits per heavy atom. The number of hydrogen-bond donors (Lipinski definition) is 1. The van der Waals surface area contributed by atoms with E-state index in [-0.39, 0.29) is 0 Å². The predicted molar refractivity (Wildman–Crippen MR) is 57.6 cm³/mol. The summed E-state index contributed by atoms with van der Waals surface area (Å²) in [6.45, 7) is 2.06. The Kier molecular flexibility index (Phi) is 2.06. The highest BCUT2D eigenvalue weighted by Crippen LogP contribution is 2.40. The van der Waals surface area contributed by atoms with E-state index in [1.807, 2.05) is 0 Å². The molecular weight excluding hydrogens is 188 g/mol. The molecule has 0 bridgehead atoms. The van der Waals surface area contributed by atoms with Crippen molar-refractivity contribution in [1.82, 2.24) is 14.8 Å². The zero-order chi connectivity index (χ0) is 10.4. The molecule has 0 spiro atoms. The van der Waals surface area contributed by atoms with Crippen LogP contribution in [0.5, 0.6) is 0 Å². The van der Waals surface area contributed by atoms with Gasteiger partial charge >= 0.3 is 0 Å². The lowest BCUT2D eigenvalue weighted by Crippen LogP contribution is -2.15. The van der Waals surface area contributed by atoms with Crippen molar-refractivity contribution in [3.63, 3.8) is 0 Å². The predicted octanol–water partition coefficient (Wildman–Crippen LogP) is 1.52. The van der Waals surface area contributed by atoms with E-state index in [0.29, 0.717) is 18.0 Å². The van der Waals surface area contributed by atoms with Crippen LogP contribution in [0, 0.1) is 6.92 Å². The van der Waals surface area contributed by atoms with Gasteiger partial charge in [-0.2, -0.15) is 0 Å². The van der Waals surface area contributed by atoms with Crippen molar-refractivity contribution in [2.24, 2.45) is 5.73 Å². The topological polar surface area (TPSA) is 56.7 Å². The molecule has 4 heteroatoms. The van der Waals surface area contributed by atoms with Gasteiger partial charge in [0.1, 0.15) is 11.6 Å². The van der Waals surface area contributed by atoms with Gasteiger partial charge in [-0.25, -0.2) is 0 Å². The second-order valence-electron chi connectivity index (χ2n) is 4.98. The standard InChI is InChI=1S/C11H18N4/c1-7-13-14-11(15(7)10-4-5-10)8-2-3-9(12)6-8/h8-10H,2-6,12H2,1H3. The van der Waals surface area contributed by atoms with E-state index in [2.05, 4.69) is 21.7 Å². The first kappa shape index (κ1) is 9.33. The summed E-state index contributed by atoms with van der Waals surface area (Å²) >= 11 is 0. The molecule has 82 valence electrons. The molecule has 1 heterocycles. The average Bonchev–Trinajstić information content (AvgIpc) is 2.84. The summed E-state index contributed by atoms with van der Waals surface area (Å²) in [6.07, 6.45) is 6.01. The lowest BCUT2D eigenvalue weighted by atomic mass is 10.1. The fourth-order valence-electron chi connectivity index (χ4n) is 2.70. The van der Waals surface area contributed by atoms with Crippen LogP contribution in [0.4, 0.5) is 0 Å². The highest BCUT2D eigenvalue weighted by Gasteiger charge is 2.33. The van der Waals surface area contributed by atoms with Gasteiger partial charge in [0.05, 0.1) is 0 Å². The Morgan fingerprint density at radius 3 is 2.60 bits per heavy atom. The Bertz CT molecular complexity index is 367. The number of aromatic nitrogens is 3. The van der Waals surface area contributed by atoms with E-state index in [9.17, 15) is 0 Å². The van der Waals surface area contributed by atoms with Gasteiger partial charge in [0.15, 0.2) is 0 Å². The zero-order valence-electron chi connectivity index (χ0n) is 9.19. The summed E-state index contributed by atoms with van der Waals surface area (Å²) in [7, 11) is 0. The van der Waals surface area contributed by atoms with Gasteiger partial charge in [0.25, 0.3) is 0 Å². The minimum atomic E-state index is 0.375. The van der Waals surface area contributed by atoms with E-state index in [1.165, 1.54) is 25.1 Å². The van der Waals surface area contributed by atoms with E-state index in [1.54, 1.807) is 0 Å². The molecule has 2 aliphatic carbocycles. The smallest absolute Gasteiger partial charge is 0.136 e. The molecule has 0 amide bonds. The van der Waals surface area contributed by atoms with Crippen LogP contribution in [0.1, 0.15) is 55.7 Å². The maximum atomic E-state index is 5.95. The number of rotatable bonds is 2. The lowest BCUT2D eigenvalue weighted by molar-refractivity contribution is 0.576. The summed E-state index contributed by atoms with van der Waals surface area (Å²) in [5.41, 5.74) is 5.95. The van der Waals surface area contributed by atoms with Gasteiger partial charge in [-0.15, -0.1) is 10.2 Å². The molecule has 1 aromatic rings. The van der Waals surface area contributed by atoms with Crippen LogP contribution in [-0.4, -0.2) is 20.8 Å². The summed E-state index contributed by atoms with van der Waals surface area (Å²) < 4.78 is 2.35. The fourth-order valence-corrected chi connectivity index (χ4v) is 2.70. The second kappa shape index (κ2) is 3.30. The maximum Gasteiger partial charge on any atom is 0.136 e. The molecule has 2 N–H and O–H groups in total. The second-order valence-corrected chi connectivity index (χ2v) is 4.98. The van der Waals surface area contributed by atoms with Crippen molar-refractivity contribution in [2.75, 3.05) is 0 Å². The first-order valence-corrected chi connectivity index (χ1v) is 5.92. The van der Waals surface area contributed by atoms with Crippen LogP contribution in [0.15, 0.2) is 0 Å². The molecule has 2 atom stereocenters. The van der Waals surface area contributed by atoms with Crippen molar-refractivity contribution >= 4 is 0 Å². The molecule has 0 saturated heterocycles. The van der Waals surface area contributed by atoms with E-state index in [4.69, 9.17) is 5.73 Å². The number of hydrogen-bond acceptors (Lipinski definition) is 3. The summed E-state index contributed by atoms with van der Waals surface area (Å²) in [4.78, 5) is 0. The highest BCUT2D eigenvalue weighted by molar-refractivity contribution is 5.08. The summed E-state index contributed by atoms with van der Waals surface area (Å²) in [5, 5.41) is 8.57. The number of nitrogens with zero attached hydrogens (tertiary/aromatic N) is 3. The van der Waals surface area contributed by atoms with Crippen LogP contribution in [0.25, 0.3) is 0 Å². The Morgan fingerprint density at radius 1 is 1.20 bits per heavy atom. The van der Waals surface area contributed by atoms with Gasteiger partial charge in [-0.1, -0.05) is 0 Å². The van der Waals surface area contributed by atoms with Crippen LogP contribution in [0.3, 0.4) is 0 Å². The average molecular weight is 206 g/mol. The van der Waals surface area contributed by atoms with Gasteiger partial charge in [0, 0.05) is 18.0 Å². The third kappa shape index (κ3) is 1.57. The molecule has 2 fully saturated rings. The Balaban J connectivity index is 1.90. The third-order valence-electron chi connectivity index (χ3n) is 3.64. The largest absolute Gasteiger partial charge is 0.328 e. The van der Waals surface area contributed by atoms with Crippen LogP contribution >= 0.6 is 0 Å². The molecule has 0 aliphatic heterocycles. The first-order valence-electron chi connectivity index (χ1n) is 5.92. The monoisotopic (exact) mass is 206 g/mol. The maximum absolute atomic E-state index is 5.95. The molecule has 3 rings (SSSR count). The van der Waals surface area contributed by atoms with Gasteiger partial charge in [-0.05, 0) is 39.0 Å². The minimum absolute atomic E-state index is 0.375. The molecule has 2 unspecified atom stereocenters. The van der Waals surface area contributed by atoms with Crippen molar-refractivity contribution < 1.29 is 0 Å². The van der Waals surface area contributed by atoms with E-state index >= 15 is 0 Å². The van der Waals surface area contributed by atoms with Crippen molar-refractivity contribution in [1.29, 1.82) is 0 Å². The first-order chi connectivity index (χ1) is 7.25. The lowest BCUT2D eigenvalue weighted by Gasteiger charge is -2.12. The molecule has 2 saturated carbocycles. The fraction of sp³-hybridized carbons (Fsp3) is 0.818. The van der Waals surface area contributed by atoms with Crippen LogP contribution in [0.2, 0.25) is 0 Å². The Labute approximate surface area is 89.9 Å². The zero-order valence-corrected chi connectivity index (χ0v) is 9.19. The van der Waals surface area contributed by atoms with E-state index in [0.717, 1.165) is 18.7 Å². The molecule has 2 aliphatic rings. The molecule has 0 radical (unpaired) electrons.